The fourth-order valence-electron chi connectivity index (χ4n) is 3.59. The molecule has 0 saturated heterocycles. The van der Waals surface area contributed by atoms with Crippen molar-refractivity contribution in [1.82, 2.24) is 29.1 Å². The highest BCUT2D eigenvalue weighted by molar-refractivity contribution is 5.78. The van der Waals surface area contributed by atoms with Crippen LogP contribution in [-0.4, -0.2) is 29.1 Å². The highest BCUT2D eigenvalue weighted by atomic mass is 19.2. The quantitative estimate of drug-likeness (QED) is 0.329. The maximum Gasteiger partial charge on any atom is 0.182 e. The fraction of sp³-hybridized carbons (Fsp3) is 0.0909. The van der Waals surface area contributed by atoms with Crippen LogP contribution in [0.5, 0.6) is 0 Å². The van der Waals surface area contributed by atoms with Gasteiger partial charge in [-0.15, -0.1) is 0 Å². The molecule has 0 amide bonds. The molecule has 0 unspecified atom stereocenters. The Morgan fingerprint density at radius 3 is 2.45 bits per heavy atom. The van der Waals surface area contributed by atoms with Gasteiger partial charge in [0.15, 0.2) is 17.5 Å². The van der Waals surface area contributed by atoms with E-state index in [0.717, 1.165) is 17.8 Å². The summed E-state index contributed by atoms with van der Waals surface area (Å²) in [7, 11) is 1.76. The van der Waals surface area contributed by atoms with Crippen molar-refractivity contribution >= 4 is 11.3 Å². The fourth-order valence-corrected chi connectivity index (χ4v) is 3.59. The molecule has 0 bridgehead atoms. The molecule has 0 aliphatic carbocycles. The number of hydrogen-bond donors (Lipinski definition) is 1. The SMILES string of the molecule is Cn1cc(-c2cnc(-c3nc(Cc4c(F)ccc(F)c4F)n4cc(F)ccc34)nc2N)cn1. The van der Waals surface area contributed by atoms with Gasteiger partial charge in [0.25, 0.3) is 0 Å². The molecule has 1 aromatic carbocycles. The summed E-state index contributed by atoms with van der Waals surface area (Å²) in [6.07, 6.45) is 5.56. The molecule has 0 atom stereocenters. The molecule has 7 nitrogen and oxygen atoms in total. The maximum atomic E-state index is 14.2. The monoisotopic (exact) mass is 453 g/mol. The zero-order valence-corrected chi connectivity index (χ0v) is 17.1. The standard InChI is InChI=1S/C22H15F4N7/c1-32-9-11(7-29-32)14-8-28-22(31-21(14)27)20-17-5-2-12(23)10-33(17)18(30-20)6-13-15(24)3-4-16(25)19(13)26/h2-5,7-10H,6H2,1H3,(H2,27,28,31). The van der Waals surface area contributed by atoms with Crippen LogP contribution < -0.4 is 5.73 Å². The van der Waals surface area contributed by atoms with E-state index in [0.29, 0.717) is 17.1 Å². The van der Waals surface area contributed by atoms with E-state index in [1.165, 1.54) is 22.7 Å². The first-order valence-electron chi connectivity index (χ1n) is 9.72. The molecule has 166 valence electrons. The van der Waals surface area contributed by atoms with Gasteiger partial charge in [-0.3, -0.25) is 9.08 Å². The number of hydrogen-bond acceptors (Lipinski definition) is 5. The Morgan fingerprint density at radius 2 is 1.73 bits per heavy atom. The van der Waals surface area contributed by atoms with Gasteiger partial charge in [0, 0.05) is 48.7 Å². The zero-order valence-electron chi connectivity index (χ0n) is 17.1. The van der Waals surface area contributed by atoms with Crippen molar-refractivity contribution < 1.29 is 17.6 Å². The number of nitrogen functional groups attached to an aromatic ring is 1. The van der Waals surface area contributed by atoms with Crippen LogP contribution in [0.4, 0.5) is 23.4 Å². The number of aryl methyl sites for hydroxylation is 1. The van der Waals surface area contributed by atoms with Crippen LogP contribution in [0.1, 0.15) is 11.4 Å². The number of anilines is 1. The molecule has 0 aliphatic rings. The highest BCUT2D eigenvalue weighted by Gasteiger charge is 2.21. The number of pyridine rings is 1. The lowest BCUT2D eigenvalue weighted by Crippen LogP contribution is -2.04. The summed E-state index contributed by atoms with van der Waals surface area (Å²) < 4.78 is 59.0. The second-order valence-corrected chi connectivity index (χ2v) is 7.37. The number of imidazole rings is 1. The number of benzene rings is 1. The van der Waals surface area contributed by atoms with E-state index in [9.17, 15) is 17.6 Å². The predicted octanol–water partition coefficient (Wildman–Crippen LogP) is 3.92. The van der Waals surface area contributed by atoms with Crippen molar-refractivity contribution in [2.75, 3.05) is 5.73 Å². The van der Waals surface area contributed by atoms with E-state index in [-0.39, 0.29) is 23.2 Å². The van der Waals surface area contributed by atoms with Gasteiger partial charge in [-0.05, 0) is 24.3 Å². The van der Waals surface area contributed by atoms with E-state index >= 15 is 0 Å². The third kappa shape index (κ3) is 3.56. The number of nitrogens with zero attached hydrogens (tertiary/aromatic N) is 6. The Balaban J connectivity index is 1.63. The molecule has 0 radical (unpaired) electrons. The summed E-state index contributed by atoms with van der Waals surface area (Å²) in [5, 5.41) is 4.09. The predicted molar refractivity (Wildman–Crippen MR) is 112 cm³/mol. The van der Waals surface area contributed by atoms with Crippen LogP contribution in [0.15, 0.2) is 49.1 Å². The van der Waals surface area contributed by atoms with Gasteiger partial charge in [0.05, 0.1) is 11.7 Å². The minimum absolute atomic E-state index is 0.0707. The molecule has 33 heavy (non-hydrogen) atoms. The van der Waals surface area contributed by atoms with Gasteiger partial charge >= 0.3 is 0 Å². The highest BCUT2D eigenvalue weighted by Crippen LogP contribution is 2.29. The van der Waals surface area contributed by atoms with E-state index in [1.807, 2.05) is 0 Å². The van der Waals surface area contributed by atoms with Crippen molar-refractivity contribution in [3.05, 3.63) is 83.7 Å². The minimum Gasteiger partial charge on any atom is -0.383 e. The smallest absolute Gasteiger partial charge is 0.182 e. The number of nitrogens with two attached hydrogens (primary N) is 1. The van der Waals surface area contributed by atoms with Gasteiger partial charge in [-0.2, -0.15) is 5.10 Å². The van der Waals surface area contributed by atoms with Crippen LogP contribution in [0, 0.1) is 23.3 Å². The number of aromatic nitrogens is 6. The molecule has 0 spiro atoms. The maximum absolute atomic E-state index is 14.2. The Hall–Kier alpha value is -4.28. The molecule has 4 heterocycles. The first-order chi connectivity index (χ1) is 15.8. The van der Waals surface area contributed by atoms with Gasteiger partial charge in [-0.1, -0.05) is 0 Å². The topological polar surface area (TPSA) is 86.9 Å². The lowest BCUT2D eigenvalue weighted by atomic mass is 10.1. The van der Waals surface area contributed by atoms with E-state index in [1.54, 1.807) is 24.1 Å². The Bertz CT molecular complexity index is 1520. The summed E-state index contributed by atoms with van der Waals surface area (Å²) in [4.78, 5) is 13.1. The minimum atomic E-state index is -1.33. The number of rotatable bonds is 4. The van der Waals surface area contributed by atoms with E-state index < -0.39 is 35.3 Å². The first-order valence-corrected chi connectivity index (χ1v) is 9.72. The van der Waals surface area contributed by atoms with Gasteiger partial charge in [0.1, 0.15) is 29.0 Å². The summed E-state index contributed by atoms with van der Waals surface area (Å²) in [5.41, 5.74) is 7.50. The summed E-state index contributed by atoms with van der Waals surface area (Å²) in [6.45, 7) is 0. The average molecular weight is 453 g/mol. The van der Waals surface area contributed by atoms with Gasteiger partial charge in [0.2, 0.25) is 0 Å². The summed E-state index contributed by atoms with van der Waals surface area (Å²) >= 11 is 0. The normalized spacial score (nSPS) is 11.4. The Kier molecular flexibility index (Phi) is 4.81. The molecule has 11 heteroatoms. The number of fused-ring (bicyclic) bond motifs is 1. The summed E-state index contributed by atoms with van der Waals surface area (Å²) in [5.74, 6) is -3.69. The summed E-state index contributed by atoms with van der Waals surface area (Å²) in [6, 6.07) is 4.17. The van der Waals surface area contributed by atoms with Crippen molar-refractivity contribution in [3.63, 3.8) is 0 Å². The van der Waals surface area contributed by atoms with Crippen LogP contribution in [0.25, 0.3) is 28.2 Å². The largest absolute Gasteiger partial charge is 0.383 e. The van der Waals surface area contributed by atoms with Gasteiger partial charge in [-0.25, -0.2) is 32.5 Å². The van der Waals surface area contributed by atoms with Crippen LogP contribution >= 0.6 is 0 Å². The van der Waals surface area contributed by atoms with E-state index in [2.05, 4.69) is 20.1 Å². The first kappa shape index (κ1) is 20.6. The lowest BCUT2D eigenvalue weighted by molar-refractivity contribution is 0.481. The molecule has 4 aromatic heterocycles. The van der Waals surface area contributed by atoms with E-state index in [4.69, 9.17) is 5.73 Å². The zero-order chi connectivity index (χ0) is 23.3. The second-order valence-electron chi connectivity index (χ2n) is 7.37. The van der Waals surface area contributed by atoms with Crippen molar-refractivity contribution in [3.8, 4) is 22.6 Å². The van der Waals surface area contributed by atoms with Crippen LogP contribution in [-0.2, 0) is 13.5 Å². The molecule has 0 saturated carbocycles. The molecule has 2 N–H and O–H groups in total. The molecule has 5 aromatic rings. The number of halogens is 4. The van der Waals surface area contributed by atoms with Crippen molar-refractivity contribution in [1.29, 1.82) is 0 Å². The molecule has 5 rings (SSSR count). The third-order valence-corrected chi connectivity index (χ3v) is 5.19. The molecule has 0 aliphatic heterocycles. The molecular weight excluding hydrogens is 438 g/mol. The van der Waals surface area contributed by atoms with Crippen LogP contribution in [0.3, 0.4) is 0 Å². The van der Waals surface area contributed by atoms with Crippen LogP contribution in [0.2, 0.25) is 0 Å². The average Bonchev–Trinajstić information content (AvgIpc) is 3.37. The van der Waals surface area contributed by atoms with Crippen molar-refractivity contribution in [2.45, 2.75) is 6.42 Å². The second kappa shape index (κ2) is 7.69. The molecule has 0 fully saturated rings. The van der Waals surface area contributed by atoms with Crippen molar-refractivity contribution in [2.24, 2.45) is 7.05 Å². The Morgan fingerprint density at radius 1 is 0.939 bits per heavy atom. The lowest BCUT2D eigenvalue weighted by Gasteiger charge is -2.05. The van der Waals surface area contributed by atoms with Gasteiger partial charge < -0.3 is 5.73 Å². The third-order valence-electron chi connectivity index (χ3n) is 5.19. The molecular formula is C22H15F4N7. The Labute approximate surface area is 184 Å².